The number of ether oxygens (including phenoxy) is 2. The van der Waals surface area contributed by atoms with Gasteiger partial charge in [-0.25, -0.2) is 0 Å². The average Bonchev–Trinajstić information content (AvgIpc) is 2.63. The van der Waals surface area contributed by atoms with Crippen molar-refractivity contribution in [3.8, 4) is 11.5 Å². The van der Waals surface area contributed by atoms with Crippen molar-refractivity contribution in [2.45, 2.75) is 26.8 Å². The number of nitrogens with one attached hydrogen (secondary N) is 1. The number of nitro groups is 1. The number of hydrogen-bond donors (Lipinski definition) is 1. The van der Waals surface area contributed by atoms with Crippen LogP contribution < -0.4 is 14.8 Å². The molecule has 0 heterocycles. The highest BCUT2D eigenvalue weighted by molar-refractivity contribution is 6.33. The lowest BCUT2D eigenvalue weighted by Gasteiger charge is -2.18. The second kappa shape index (κ2) is 9.23. The Labute approximate surface area is 162 Å². The zero-order valence-electron chi connectivity index (χ0n) is 15.3. The molecule has 0 saturated heterocycles. The van der Waals surface area contributed by atoms with Gasteiger partial charge in [-0.15, -0.1) is 0 Å². The molecule has 1 N–H and O–H groups in total. The van der Waals surface area contributed by atoms with Gasteiger partial charge in [0.25, 0.3) is 11.6 Å². The third-order valence-electron chi connectivity index (χ3n) is 3.82. The molecule has 144 valence electrons. The van der Waals surface area contributed by atoms with E-state index in [0.717, 1.165) is 11.6 Å². The molecule has 0 spiro atoms. The molecular formula is C19H21ClN2O5. The summed E-state index contributed by atoms with van der Waals surface area (Å²) in [6, 6.07) is 8.79. The molecule has 0 saturated carbocycles. The lowest BCUT2D eigenvalue weighted by atomic mass is 10.1. The number of halogens is 1. The van der Waals surface area contributed by atoms with E-state index >= 15 is 0 Å². The summed E-state index contributed by atoms with van der Waals surface area (Å²) in [7, 11) is 0. The topological polar surface area (TPSA) is 90.7 Å². The van der Waals surface area contributed by atoms with Crippen LogP contribution in [0.25, 0.3) is 0 Å². The SMILES string of the molecule is CCOc1ccc([C@H](C)NC(=O)c2cc([N+](=O)[O-])ccc2Cl)cc1OCC. The molecule has 2 aromatic rings. The maximum absolute atomic E-state index is 12.5. The first kappa shape index (κ1) is 20.5. The highest BCUT2D eigenvalue weighted by atomic mass is 35.5. The monoisotopic (exact) mass is 392 g/mol. The summed E-state index contributed by atoms with van der Waals surface area (Å²) >= 11 is 6.03. The average molecular weight is 393 g/mol. The van der Waals surface area contributed by atoms with E-state index in [1.807, 2.05) is 19.9 Å². The third-order valence-corrected chi connectivity index (χ3v) is 4.15. The molecule has 0 aliphatic rings. The van der Waals surface area contributed by atoms with Crippen molar-refractivity contribution >= 4 is 23.2 Å². The van der Waals surface area contributed by atoms with E-state index in [-0.39, 0.29) is 22.3 Å². The van der Waals surface area contributed by atoms with Gasteiger partial charge in [0.1, 0.15) is 0 Å². The molecule has 7 nitrogen and oxygen atoms in total. The second-order valence-corrected chi connectivity index (χ2v) is 6.10. The number of nitrogens with zero attached hydrogens (tertiary/aromatic N) is 1. The van der Waals surface area contributed by atoms with Gasteiger partial charge in [0, 0.05) is 12.1 Å². The van der Waals surface area contributed by atoms with Crippen molar-refractivity contribution in [1.29, 1.82) is 0 Å². The zero-order chi connectivity index (χ0) is 20.0. The van der Waals surface area contributed by atoms with Crippen molar-refractivity contribution < 1.29 is 19.2 Å². The van der Waals surface area contributed by atoms with Gasteiger partial charge < -0.3 is 14.8 Å². The predicted molar refractivity (Wildman–Crippen MR) is 103 cm³/mol. The number of amides is 1. The quantitative estimate of drug-likeness (QED) is 0.526. The highest BCUT2D eigenvalue weighted by Gasteiger charge is 2.19. The van der Waals surface area contributed by atoms with Crippen LogP contribution in [0.15, 0.2) is 36.4 Å². The van der Waals surface area contributed by atoms with E-state index in [9.17, 15) is 14.9 Å². The first-order valence-electron chi connectivity index (χ1n) is 8.51. The number of non-ortho nitro benzene ring substituents is 1. The minimum absolute atomic E-state index is 0.0497. The van der Waals surface area contributed by atoms with Crippen LogP contribution in [0.4, 0.5) is 5.69 Å². The van der Waals surface area contributed by atoms with Gasteiger partial charge in [-0.05, 0) is 44.5 Å². The molecule has 0 aliphatic carbocycles. The van der Waals surface area contributed by atoms with E-state index < -0.39 is 10.8 Å². The molecule has 0 radical (unpaired) electrons. The Hall–Kier alpha value is -2.80. The molecule has 8 heteroatoms. The molecular weight excluding hydrogens is 372 g/mol. The Morgan fingerprint density at radius 1 is 1.15 bits per heavy atom. The molecule has 2 aromatic carbocycles. The summed E-state index contributed by atoms with van der Waals surface area (Å²) in [5, 5.41) is 13.9. The largest absolute Gasteiger partial charge is 0.490 e. The van der Waals surface area contributed by atoms with E-state index in [4.69, 9.17) is 21.1 Å². The zero-order valence-corrected chi connectivity index (χ0v) is 16.1. The van der Waals surface area contributed by atoms with Crippen molar-refractivity contribution in [3.05, 3.63) is 62.7 Å². The predicted octanol–water partition coefficient (Wildman–Crippen LogP) is 4.54. The van der Waals surface area contributed by atoms with E-state index in [1.165, 1.54) is 12.1 Å². The lowest BCUT2D eigenvalue weighted by Crippen LogP contribution is -2.27. The van der Waals surface area contributed by atoms with Crippen LogP contribution in [0.3, 0.4) is 0 Å². The molecule has 1 amide bonds. The lowest BCUT2D eigenvalue weighted by molar-refractivity contribution is -0.384. The van der Waals surface area contributed by atoms with Gasteiger partial charge in [0.15, 0.2) is 11.5 Å². The minimum atomic E-state index is -0.572. The van der Waals surface area contributed by atoms with Crippen LogP contribution in [0.2, 0.25) is 5.02 Å². The van der Waals surface area contributed by atoms with Crippen LogP contribution >= 0.6 is 11.6 Å². The number of carbonyl (C=O) groups is 1. The van der Waals surface area contributed by atoms with Gasteiger partial charge in [-0.2, -0.15) is 0 Å². The fraction of sp³-hybridized carbons (Fsp3) is 0.316. The summed E-state index contributed by atoms with van der Waals surface area (Å²) in [6.45, 7) is 6.55. The van der Waals surface area contributed by atoms with Crippen LogP contribution in [-0.2, 0) is 0 Å². The fourth-order valence-electron chi connectivity index (χ4n) is 2.50. The summed E-state index contributed by atoms with van der Waals surface area (Å²) in [6.07, 6.45) is 0. The first-order chi connectivity index (χ1) is 12.9. The Balaban J connectivity index is 2.22. The van der Waals surface area contributed by atoms with Crippen LogP contribution in [0.1, 0.15) is 42.7 Å². The molecule has 0 aliphatic heterocycles. The molecule has 27 heavy (non-hydrogen) atoms. The fourth-order valence-corrected chi connectivity index (χ4v) is 2.70. The number of rotatable bonds is 8. The molecule has 2 rings (SSSR count). The normalized spacial score (nSPS) is 11.6. The molecule has 0 aromatic heterocycles. The van der Waals surface area contributed by atoms with E-state index in [1.54, 1.807) is 19.1 Å². The Bertz CT molecular complexity index is 841. The molecule has 0 fully saturated rings. The highest BCUT2D eigenvalue weighted by Crippen LogP contribution is 2.31. The maximum atomic E-state index is 12.5. The standard InChI is InChI=1S/C19H21ClN2O5/c1-4-26-17-9-6-13(10-18(17)27-5-2)12(3)21-19(23)15-11-14(22(24)25)7-8-16(15)20/h6-12H,4-5H2,1-3H3,(H,21,23)/t12-/m0/s1. The number of hydrogen-bond acceptors (Lipinski definition) is 5. The van der Waals surface area contributed by atoms with Gasteiger partial charge in [0.05, 0.1) is 34.8 Å². The number of nitro benzene ring substituents is 1. The summed E-state index contributed by atoms with van der Waals surface area (Å²) in [5.41, 5.74) is 0.655. The maximum Gasteiger partial charge on any atom is 0.270 e. The van der Waals surface area contributed by atoms with Crippen molar-refractivity contribution in [1.82, 2.24) is 5.32 Å². The number of carbonyl (C=O) groups excluding carboxylic acids is 1. The minimum Gasteiger partial charge on any atom is -0.490 e. The van der Waals surface area contributed by atoms with Crippen LogP contribution in [-0.4, -0.2) is 24.0 Å². The van der Waals surface area contributed by atoms with Crippen molar-refractivity contribution in [2.24, 2.45) is 0 Å². The summed E-state index contributed by atoms with van der Waals surface area (Å²) in [4.78, 5) is 22.9. The Morgan fingerprint density at radius 3 is 2.44 bits per heavy atom. The Kier molecular flexibility index (Phi) is 7.01. The second-order valence-electron chi connectivity index (χ2n) is 5.69. The van der Waals surface area contributed by atoms with Crippen molar-refractivity contribution in [2.75, 3.05) is 13.2 Å². The van der Waals surface area contributed by atoms with E-state index in [0.29, 0.717) is 24.7 Å². The number of benzene rings is 2. The molecule has 1 atom stereocenters. The molecule has 0 unspecified atom stereocenters. The third kappa shape index (κ3) is 5.10. The summed E-state index contributed by atoms with van der Waals surface area (Å²) in [5.74, 6) is 0.720. The Morgan fingerprint density at radius 2 is 1.81 bits per heavy atom. The van der Waals surface area contributed by atoms with Gasteiger partial charge >= 0.3 is 0 Å². The van der Waals surface area contributed by atoms with Gasteiger partial charge in [0.2, 0.25) is 0 Å². The van der Waals surface area contributed by atoms with Gasteiger partial charge in [-0.3, -0.25) is 14.9 Å². The van der Waals surface area contributed by atoms with Gasteiger partial charge in [-0.1, -0.05) is 17.7 Å². The van der Waals surface area contributed by atoms with Crippen LogP contribution in [0, 0.1) is 10.1 Å². The van der Waals surface area contributed by atoms with Crippen LogP contribution in [0.5, 0.6) is 11.5 Å². The first-order valence-corrected chi connectivity index (χ1v) is 8.89. The van der Waals surface area contributed by atoms with Crippen molar-refractivity contribution in [3.63, 3.8) is 0 Å². The smallest absolute Gasteiger partial charge is 0.270 e. The molecule has 0 bridgehead atoms. The van der Waals surface area contributed by atoms with E-state index in [2.05, 4.69) is 5.32 Å². The summed E-state index contributed by atoms with van der Waals surface area (Å²) < 4.78 is 11.1.